The molecule has 0 radical (unpaired) electrons. The van der Waals surface area contributed by atoms with Crippen LogP contribution in [0.3, 0.4) is 0 Å². The number of hydrogen-bond donors (Lipinski definition) is 7. The lowest BCUT2D eigenvalue weighted by molar-refractivity contribution is -0.256. The highest BCUT2D eigenvalue weighted by molar-refractivity contribution is 6.31. The molecule has 7 N–H and O–H groups in total. The molecular formula is C56H59N5O18. The lowest BCUT2D eigenvalue weighted by atomic mass is 9.72. The number of benzene rings is 4. The van der Waals surface area contributed by atoms with Gasteiger partial charge in [-0.1, -0.05) is 60.7 Å². The van der Waals surface area contributed by atoms with Gasteiger partial charge in [0.05, 0.1) is 74.5 Å². The number of alkyl carbamates (subject to hydrolysis) is 1. The lowest BCUT2D eigenvalue weighted by Gasteiger charge is -2.43. The number of ketones is 2. The van der Waals surface area contributed by atoms with Crippen LogP contribution in [0.15, 0.2) is 66.7 Å². The zero-order chi connectivity index (χ0) is 55.0. The van der Waals surface area contributed by atoms with Gasteiger partial charge in [0.1, 0.15) is 54.3 Å². The molecule has 12 atom stereocenters. The number of carbonyl (C=O) groups excluding carboxylic acids is 6. The minimum atomic E-state index is -2.39. The van der Waals surface area contributed by atoms with Crippen molar-refractivity contribution < 1.29 is 86.7 Å². The number of morpholine rings is 1. The Kier molecular flexibility index (Phi) is 13.9. The van der Waals surface area contributed by atoms with Gasteiger partial charge < -0.3 is 79.2 Å². The third kappa shape index (κ3) is 9.15. The number of aliphatic hydroxyl groups is 1. The number of phenols is 2. The molecule has 0 spiro atoms. The number of phenolic OH excluding ortho intramolecular Hbond substituents is 2. The van der Waals surface area contributed by atoms with Gasteiger partial charge in [-0.3, -0.25) is 28.9 Å². The van der Waals surface area contributed by atoms with Gasteiger partial charge in [-0.2, -0.15) is 0 Å². The van der Waals surface area contributed by atoms with E-state index < -0.39 is 151 Å². The molecule has 0 aromatic heterocycles. The van der Waals surface area contributed by atoms with Crippen LogP contribution < -0.4 is 26.0 Å². The summed E-state index contributed by atoms with van der Waals surface area (Å²) in [6, 6.07) is 18.4. The van der Waals surface area contributed by atoms with Crippen LogP contribution in [0.4, 0.5) is 4.79 Å². The zero-order valence-corrected chi connectivity index (χ0v) is 43.3. The number of aromatic hydroxyl groups is 2. The first kappa shape index (κ1) is 52.6. The number of carbonyl (C=O) groups is 6. The molecule has 4 aromatic carbocycles. The van der Waals surface area contributed by atoms with Gasteiger partial charge in [0.2, 0.25) is 17.6 Å². The van der Waals surface area contributed by atoms with Gasteiger partial charge in [0, 0.05) is 61.6 Å². The molecule has 5 heterocycles. The summed E-state index contributed by atoms with van der Waals surface area (Å²) in [4.78, 5) is 83.8. The molecule has 4 amide bonds. The Morgan fingerprint density at radius 1 is 0.759 bits per heavy atom. The molecule has 5 fully saturated rings. The maximum absolute atomic E-state index is 14.6. The lowest BCUT2D eigenvalue weighted by Crippen LogP contribution is -2.57. The van der Waals surface area contributed by atoms with Crippen LogP contribution in [0.2, 0.25) is 0 Å². The number of nitrogens with one attached hydrogen (secondary N) is 4. The Morgan fingerprint density at radius 2 is 1.43 bits per heavy atom. The van der Waals surface area contributed by atoms with E-state index in [0.717, 1.165) is 22.3 Å². The van der Waals surface area contributed by atoms with Gasteiger partial charge in [-0.05, 0) is 35.2 Å². The van der Waals surface area contributed by atoms with E-state index in [1.165, 1.54) is 32.4 Å². The predicted molar refractivity (Wildman–Crippen MR) is 271 cm³/mol. The number of fused-ring (bicyclic) bond motifs is 10. The second-order valence-electron chi connectivity index (χ2n) is 21.0. The summed E-state index contributed by atoms with van der Waals surface area (Å²) in [5.41, 5.74) is 0.371. The quantitative estimate of drug-likeness (QED) is 0.0824. The molecule has 0 unspecified atom stereocenters. The second kappa shape index (κ2) is 20.9. The SMILES string of the molecule is COc1cccc2c1C(=O)c1c(O)c3c(c(O)c1C2=O)C[C@@](O)(C(=O)N[C@H]1CO[C@H]2[C@@H]1OC[C@@H]2NC(=O)CNC(=O)CNC(=O)OCC1c2ccccc2-c2ccccc21)C[C@H]3O[C@@H]1C[C@@H]2[C@@H](O[C@H]3[C@H](OC)OCCN23)[C@@H](C)O1. The summed E-state index contributed by atoms with van der Waals surface area (Å²) in [5.74, 6) is -5.20. The smallest absolute Gasteiger partial charge is 0.407 e. The van der Waals surface area contributed by atoms with Crippen molar-refractivity contribution in [3.63, 3.8) is 0 Å². The average molecular weight is 1090 g/mol. The monoisotopic (exact) mass is 1090 g/mol. The predicted octanol–water partition coefficient (Wildman–Crippen LogP) is 1.57. The van der Waals surface area contributed by atoms with Crippen molar-refractivity contribution in [3.8, 4) is 28.4 Å². The Balaban J connectivity index is 0.700. The average Bonchev–Trinajstić information content (AvgIpc) is 4.38. The Morgan fingerprint density at radius 3 is 2.14 bits per heavy atom. The van der Waals surface area contributed by atoms with E-state index in [1.54, 1.807) is 0 Å². The normalized spacial score (nSPS) is 30.1. The first-order valence-electron chi connectivity index (χ1n) is 26.3. The Hall–Kier alpha value is -7.06. The van der Waals surface area contributed by atoms with E-state index in [2.05, 4.69) is 26.2 Å². The number of amides is 4. The van der Waals surface area contributed by atoms with Crippen LogP contribution in [-0.4, -0.2) is 183 Å². The van der Waals surface area contributed by atoms with Gasteiger partial charge in [-0.15, -0.1) is 0 Å². The third-order valence-corrected chi connectivity index (χ3v) is 16.5. The molecule has 4 aromatic rings. The van der Waals surface area contributed by atoms with Crippen LogP contribution in [0.25, 0.3) is 11.1 Å². The number of nitrogens with zero attached hydrogens (tertiary/aromatic N) is 1. The fourth-order valence-corrected chi connectivity index (χ4v) is 12.9. The van der Waals surface area contributed by atoms with Crippen LogP contribution in [-0.2, 0) is 58.7 Å². The molecule has 23 heteroatoms. The molecule has 5 saturated heterocycles. The van der Waals surface area contributed by atoms with Gasteiger partial charge in [-0.25, -0.2) is 4.79 Å². The highest BCUT2D eigenvalue weighted by atomic mass is 16.7. The summed E-state index contributed by atoms with van der Waals surface area (Å²) < 4.78 is 53.8. The highest BCUT2D eigenvalue weighted by Crippen LogP contribution is 2.53. The first-order valence-corrected chi connectivity index (χ1v) is 26.3. The molecule has 3 aliphatic carbocycles. The van der Waals surface area contributed by atoms with Crippen molar-refractivity contribution in [2.24, 2.45) is 0 Å². The summed E-state index contributed by atoms with van der Waals surface area (Å²) in [6.45, 7) is 1.77. The van der Waals surface area contributed by atoms with E-state index in [-0.39, 0.29) is 66.2 Å². The Labute approximate surface area is 452 Å². The molecule has 0 saturated carbocycles. The largest absolute Gasteiger partial charge is 0.507 e. The van der Waals surface area contributed by atoms with Gasteiger partial charge in [0.15, 0.2) is 24.6 Å². The fourth-order valence-electron chi connectivity index (χ4n) is 12.9. The van der Waals surface area contributed by atoms with E-state index in [0.29, 0.717) is 13.2 Å². The van der Waals surface area contributed by atoms with E-state index in [9.17, 15) is 44.1 Å². The van der Waals surface area contributed by atoms with E-state index >= 15 is 0 Å². The molecule has 5 aliphatic heterocycles. The van der Waals surface area contributed by atoms with Crippen LogP contribution in [0.1, 0.15) is 85.9 Å². The van der Waals surface area contributed by atoms with Gasteiger partial charge in [0.25, 0.3) is 5.91 Å². The number of rotatable bonds is 13. The molecule has 23 nitrogen and oxygen atoms in total. The molecule has 12 rings (SSSR count). The molecule has 0 bridgehead atoms. The zero-order valence-electron chi connectivity index (χ0n) is 43.3. The van der Waals surface area contributed by atoms with Crippen molar-refractivity contribution in [2.75, 3.05) is 60.3 Å². The second-order valence-corrected chi connectivity index (χ2v) is 21.0. The molecular weight excluding hydrogens is 1030 g/mol. The van der Waals surface area contributed by atoms with Gasteiger partial charge >= 0.3 is 6.09 Å². The number of methoxy groups -OCH3 is 2. The van der Waals surface area contributed by atoms with Crippen molar-refractivity contribution in [3.05, 3.63) is 111 Å². The highest BCUT2D eigenvalue weighted by Gasteiger charge is 2.57. The topological polar surface area (TPSA) is 298 Å². The molecule has 8 aliphatic rings. The van der Waals surface area contributed by atoms with Crippen LogP contribution in [0.5, 0.6) is 17.2 Å². The third-order valence-electron chi connectivity index (χ3n) is 16.5. The minimum absolute atomic E-state index is 0.0255. The fraction of sp³-hybridized carbons (Fsp3) is 0.464. The maximum Gasteiger partial charge on any atom is 0.407 e. The maximum atomic E-state index is 14.6. The summed E-state index contributed by atoms with van der Waals surface area (Å²) in [5, 5.41) is 47.5. The van der Waals surface area contributed by atoms with Crippen molar-refractivity contribution in [1.82, 2.24) is 26.2 Å². The standard InChI is InChI=1S/C56H59N5O18/c1-25-49-35(61-15-16-73-53(72-3)52(61)79-49)17-40(77-25)78-37-19-56(70,18-31-42(37)48(67)44-43(46(31)65)45(64)30-13-8-14-36(71-2)41(30)47(44)66)54(68)60-34-24-75-50-33(23-74-51(34)50)59-39(63)21-57-38(62)20-58-55(69)76-22-32-28-11-6-4-9-26(28)27-10-5-7-12-29(27)32/h4-14,25,32-35,37,40,49-53,65,67,70H,15-24H2,1-3H3,(H,57,62)(H,58,69)(H,59,63)(H,60,68)/t25-,33+,34+,35-,37-,40-,49+,50-,51-,52+,53-,56+/m1/s1. The molecule has 79 heavy (non-hydrogen) atoms. The van der Waals surface area contributed by atoms with Crippen molar-refractivity contribution in [2.45, 2.75) is 105 Å². The van der Waals surface area contributed by atoms with Crippen LogP contribution in [0, 0.1) is 0 Å². The number of hydrogen-bond acceptors (Lipinski definition) is 19. The molecule has 416 valence electrons. The summed E-state index contributed by atoms with van der Waals surface area (Å²) in [6.07, 6.45) is -7.86. The Bertz CT molecular complexity index is 3110. The first-order chi connectivity index (χ1) is 38.2. The van der Waals surface area contributed by atoms with Crippen molar-refractivity contribution >= 4 is 35.4 Å². The van der Waals surface area contributed by atoms with Crippen LogP contribution >= 0.6 is 0 Å². The van der Waals surface area contributed by atoms with E-state index in [4.69, 9.17) is 42.6 Å². The summed E-state index contributed by atoms with van der Waals surface area (Å²) >= 11 is 0. The number of ether oxygens (including phenoxy) is 9. The summed E-state index contributed by atoms with van der Waals surface area (Å²) in [7, 11) is 2.86. The minimum Gasteiger partial charge on any atom is -0.507 e. The van der Waals surface area contributed by atoms with E-state index in [1.807, 2.05) is 55.5 Å². The van der Waals surface area contributed by atoms with Crippen molar-refractivity contribution in [1.29, 1.82) is 0 Å².